The van der Waals surface area contributed by atoms with Gasteiger partial charge in [0.15, 0.2) is 0 Å². The Balaban J connectivity index is 1.81. The first-order valence-corrected chi connectivity index (χ1v) is 7.72. The Morgan fingerprint density at radius 1 is 1.16 bits per heavy atom. The number of nitrogens with one attached hydrogen (secondary N) is 1. The molecule has 1 heterocycles. The van der Waals surface area contributed by atoms with Crippen LogP contribution in [0.1, 0.15) is 26.7 Å². The van der Waals surface area contributed by atoms with Gasteiger partial charge in [-0.15, -0.1) is 0 Å². The van der Waals surface area contributed by atoms with Gasteiger partial charge in [-0.3, -0.25) is 9.59 Å². The zero-order chi connectivity index (χ0) is 18.4. The van der Waals surface area contributed by atoms with Gasteiger partial charge in [-0.05, 0) is 30.3 Å². The number of rotatable bonds is 6. The van der Waals surface area contributed by atoms with E-state index in [1.54, 1.807) is 0 Å². The van der Waals surface area contributed by atoms with E-state index in [0.29, 0.717) is 5.02 Å². The summed E-state index contributed by atoms with van der Waals surface area (Å²) in [5, 5.41) is 2.95. The van der Waals surface area contributed by atoms with Crippen LogP contribution >= 0.6 is 23.2 Å². The molecule has 25 heavy (non-hydrogen) atoms. The summed E-state index contributed by atoms with van der Waals surface area (Å²) in [6.45, 7) is -0.546. The molecule has 0 spiro atoms. The molecule has 2 rings (SSSR count). The van der Waals surface area contributed by atoms with Crippen LogP contribution in [-0.2, 0) is 20.9 Å². The van der Waals surface area contributed by atoms with Crippen LogP contribution in [0.15, 0.2) is 34.7 Å². The molecule has 0 unspecified atom stereocenters. The molecule has 0 fully saturated rings. The van der Waals surface area contributed by atoms with Gasteiger partial charge in [-0.25, -0.2) is 4.79 Å². The van der Waals surface area contributed by atoms with Crippen LogP contribution in [-0.4, -0.2) is 31.5 Å². The molecule has 0 aliphatic carbocycles. The number of amides is 1. The standard InChI is InChI=1S/C16H13Cl2NO6/c1-23-16(22)13-5-3-10(25-13)8-24-14(20)7-19-15(21)11-4-2-9(17)6-12(11)18/h2-6H,7-8H2,1H3,(H,19,21). The van der Waals surface area contributed by atoms with Crippen molar-refractivity contribution in [2.45, 2.75) is 6.61 Å². The molecule has 1 aromatic carbocycles. The van der Waals surface area contributed by atoms with Gasteiger partial charge in [0.25, 0.3) is 5.91 Å². The zero-order valence-corrected chi connectivity index (χ0v) is 14.5. The lowest BCUT2D eigenvalue weighted by atomic mass is 10.2. The van der Waals surface area contributed by atoms with Gasteiger partial charge in [0.05, 0.1) is 17.7 Å². The minimum Gasteiger partial charge on any atom is -0.463 e. The number of esters is 2. The number of hydrogen-bond acceptors (Lipinski definition) is 6. The summed E-state index contributed by atoms with van der Waals surface area (Å²) in [4.78, 5) is 34.8. The number of carbonyl (C=O) groups is 3. The first-order valence-electron chi connectivity index (χ1n) is 6.96. The molecule has 0 radical (unpaired) electrons. The smallest absolute Gasteiger partial charge is 0.373 e. The van der Waals surface area contributed by atoms with Crippen LogP contribution in [0, 0.1) is 0 Å². The molecule has 1 aromatic heterocycles. The van der Waals surface area contributed by atoms with Crippen LogP contribution in [0.4, 0.5) is 0 Å². The molecule has 9 heteroatoms. The van der Waals surface area contributed by atoms with Crippen LogP contribution in [0.2, 0.25) is 10.0 Å². The third-order valence-corrected chi connectivity index (χ3v) is 3.54. The number of carbonyl (C=O) groups excluding carboxylic acids is 3. The zero-order valence-electron chi connectivity index (χ0n) is 13.0. The van der Waals surface area contributed by atoms with Crippen LogP contribution in [0.3, 0.4) is 0 Å². The highest BCUT2D eigenvalue weighted by Gasteiger charge is 2.14. The normalized spacial score (nSPS) is 10.2. The molecule has 0 atom stereocenters. The average Bonchev–Trinajstić information content (AvgIpc) is 3.06. The molecule has 0 bridgehead atoms. The summed E-state index contributed by atoms with van der Waals surface area (Å²) in [5.41, 5.74) is 0.188. The maximum absolute atomic E-state index is 12.0. The largest absolute Gasteiger partial charge is 0.463 e. The molecule has 132 valence electrons. The first kappa shape index (κ1) is 18.8. The molecule has 1 N–H and O–H groups in total. The summed E-state index contributed by atoms with van der Waals surface area (Å²) in [7, 11) is 1.22. The van der Waals surface area contributed by atoms with E-state index < -0.39 is 17.8 Å². The average molecular weight is 386 g/mol. The summed E-state index contributed by atoms with van der Waals surface area (Å²) >= 11 is 11.7. The van der Waals surface area contributed by atoms with Gasteiger partial charge in [0.1, 0.15) is 18.9 Å². The van der Waals surface area contributed by atoms with E-state index in [0.717, 1.165) is 0 Å². The van der Waals surface area contributed by atoms with Gasteiger partial charge in [0, 0.05) is 5.02 Å². The van der Waals surface area contributed by atoms with E-state index in [9.17, 15) is 14.4 Å². The minimum atomic E-state index is -0.686. The Morgan fingerprint density at radius 3 is 2.60 bits per heavy atom. The molecule has 0 aliphatic heterocycles. The highest BCUT2D eigenvalue weighted by molar-refractivity contribution is 6.36. The summed E-state index contributed by atoms with van der Waals surface area (Å²) in [6, 6.07) is 7.26. The van der Waals surface area contributed by atoms with Crippen molar-refractivity contribution < 1.29 is 28.3 Å². The molecule has 0 aliphatic rings. The number of furan rings is 1. The van der Waals surface area contributed by atoms with E-state index in [2.05, 4.69) is 10.1 Å². The van der Waals surface area contributed by atoms with E-state index in [1.165, 1.54) is 37.4 Å². The second-order valence-electron chi connectivity index (χ2n) is 4.73. The van der Waals surface area contributed by atoms with Gasteiger partial charge >= 0.3 is 11.9 Å². The van der Waals surface area contributed by atoms with E-state index >= 15 is 0 Å². The number of ether oxygens (including phenoxy) is 2. The Labute approximate surface area is 152 Å². The second kappa shape index (κ2) is 8.55. The van der Waals surface area contributed by atoms with Crippen molar-refractivity contribution >= 4 is 41.0 Å². The molecule has 7 nitrogen and oxygen atoms in total. The van der Waals surface area contributed by atoms with Crippen molar-refractivity contribution in [1.82, 2.24) is 5.32 Å². The lowest BCUT2D eigenvalue weighted by molar-refractivity contribution is -0.144. The predicted molar refractivity (Wildman–Crippen MR) is 88.6 cm³/mol. The first-order chi connectivity index (χ1) is 11.9. The van der Waals surface area contributed by atoms with Crippen molar-refractivity contribution in [3.63, 3.8) is 0 Å². The molecule has 2 aromatic rings. The SMILES string of the molecule is COC(=O)c1ccc(COC(=O)CNC(=O)c2ccc(Cl)cc2Cl)o1. The van der Waals surface area contributed by atoms with Crippen LogP contribution < -0.4 is 5.32 Å². The molecular weight excluding hydrogens is 373 g/mol. The van der Waals surface area contributed by atoms with Gasteiger partial charge in [-0.1, -0.05) is 23.2 Å². The highest BCUT2D eigenvalue weighted by atomic mass is 35.5. The van der Waals surface area contributed by atoms with Gasteiger partial charge < -0.3 is 19.2 Å². The maximum atomic E-state index is 12.0. The van der Waals surface area contributed by atoms with Crippen molar-refractivity contribution in [3.8, 4) is 0 Å². The monoisotopic (exact) mass is 385 g/mol. The fraction of sp³-hybridized carbons (Fsp3) is 0.188. The van der Waals surface area contributed by atoms with Crippen molar-refractivity contribution in [1.29, 1.82) is 0 Å². The summed E-state index contributed by atoms with van der Waals surface area (Å²) < 4.78 is 14.6. The minimum absolute atomic E-state index is 0.000711. The number of halogens is 2. The lowest BCUT2D eigenvalue weighted by Crippen LogP contribution is -2.30. The van der Waals surface area contributed by atoms with E-state index in [4.69, 9.17) is 32.4 Å². The maximum Gasteiger partial charge on any atom is 0.373 e. The highest BCUT2D eigenvalue weighted by Crippen LogP contribution is 2.20. The Hall–Kier alpha value is -2.51. The topological polar surface area (TPSA) is 94.8 Å². The van der Waals surface area contributed by atoms with Crippen LogP contribution in [0.25, 0.3) is 0 Å². The van der Waals surface area contributed by atoms with Gasteiger partial charge in [0.2, 0.25) is 5.76 Å². The van der Waals surface area contributed by atoms with E-state index in [1.807, 2.05) is 0 Å². The van der Waals surface area contributed by atoms with Gasteiger partial charge in [-0.2, -0.15) is 0 Å². The lowest BCUT2D eigenvalue weighted by Gasteiger charge is -2.07. The Kier molecular flexibility index (Phi) is 6.44. The van der Waals surface area contributed by atoms with Crippen molar-refractivity contribution in [3.05, 3.63) is 57.5 Å². The van der Waals surface area contributed by atoms with Crippen molar-refractivity contribution in [2.75, 3.05) is 13.7 Å². The Morgan fingerprint density at radius 2 is 1.92 bits per heavy atom. The van der Waals surface area contributed by atoms with Crippen LogP contribution in [0.5, 0.6) is 0 Å². The number of hydrogen-bond donors (Lipinski definition) is 1. The molecule has 0 saturated carbocycles. The van der Waals surface area contributed by atoms with Crippen molar-refractivity contribution in [2.24, 2.45) is 0 Å². The molecular formula is C16H13Cl2NO6. The number of benzene rings is 1. The predicted octanol–water partition coefficient (Wildman–Crippen LogP) is 2.85. The molecule has 0 saturated heterocycles. The number of methoxy groups -OCH3 is 1. The quantitative estimate of drug-likeness (QED) is 0.768. The molecule has 1 amide bonds. The third kappa shape index (κ3) is 5.23. The summed E-state index contributed by atoms with van der Waals surface area (Å²) in [6.07, 6.45) is 0. The summed E-state index contributed by atoms with van der Waals surface area (Å²) in [5.74, 6) is -1.59. The fourth-order valence-corrected chi connectivity index (χ4v) is 2.28. The second-order valence-corrected chi connectivity index (χ2v) is 5.57. The Bertz CT molecular complexity index is 802. The third-order valence-electron chi connectivity index (χ3n) is 2.99. The van der Waals surface area contributed by atoms with E-state index in [-0.39, 0.29) is 35.3 Å². The fourth-order valence-electron chi connectivity index (χ4n) is 1.79.